The summed E-state index contributed by atoms with van der Waals surface area (Å²) in [4.78, 5) is 0. The molecule has 0 amide bonds. The number of hydrogen-bond acceptors (Lipinski definition) is 7. The molecule has 0 saturated heterocycles. The van der Waals surface area contributed by atoms with Gasteiger partial charge < -0.3 is 4.74 Å². The first-order valence-corrected chi connectivity index (χ1v) is 6.39. The summed E-state index contributed by atoms with van der Waals surface area (Å²) in [5.74, 6) is 6.01. The number of nitrogens with two attached hydrogens (primary N) is 1. The molecule has 0 radical (unpaired) electrons. The summed E-state index contributed by atoms with van der Waals surface area (Å²) in [6.45, 7) is 4.15. The number of benzene rings is 1. The summed E-state index contributed by atoms with van der Waals surface area (Å²) in [5, 5.41) is 17.9. The molecule has 2 aromatic rings. The van der Waals surface area contributed by atoms with Gasteiger partial charge in [-0.3, -0.25) is 5.43 Å². The van der Waals surface area contributed by atoms with Crippen LogP contribution in [-0.4, -0.2) is 10.2 Å². The van der Waals surface area contributed by atoms with Crippen LogP contribution in [0.25, 0.3) is 0 Å². The van der Waals surface area contributed by atoms with Crippen molar-refractivity contribution in [3.63, 3.8) is 0 Å². The number of rotatable bonds is 4. The van der Waals surface area contributed by atoms with Gasteiger partial charge in [0.1, 0.15) is 12.4 Å². The Morgan fingerprint density at radius 3 is 2.58 bits per heavy atom. The molecule has 0 atom stereocenters. The van der Waals surface area contributed by atoms with Crippen molar-refractivity contribution in [3.05, 3.63) is 33.8 Å². The van der Waals surface area contributed by atoms with Crippen molar-refractivity contribution in [2.45, 2.75) is 20.5 Å². The van der Waals surface area contributed by atoms with Crippen molar-refractivity contribution < 1.29 is 4.74 Å². The quantitative estimate of drug-likeness (QED) is 0.653. The Balaban J connectivity index is 2.13. The molecule has 0 bridgehead atoms. The maximum absolute atomic E-state index is 8.89. The van der Waals surface area contributed by atoms with Crippen molar-refractivity contribution in [1.29, 1.82) is 5.26 Å². The van der Waals surface area contributed by atoms with Gasteiger partial charge in [-0.15, -0.1) is 10.2 Å². The predicted octanol–water partition coefficient (Wildman–Crippen LogP) is 1.89. The van der Waals surface area contributed by atoms with Gasteiger partial charge in [-0.1, -0.05) is 11.3 Å². The minimum absolute atomic E-state index is 0.326. The fourth-order valence-electron chi connectivity index (χ4n) is 1.75. The zero-order valence-electron chi connectivity index (χ0n) is 10.6. The van der Waals surface area contributed by atoms with Gasteiger partial charge in [0.2, 0.25) is 5.13 Å². The average molecular weight is 275 g/mol. The van der Waals surface area contributed by atoms with Gasteiger partial charge in [0.25, 0.3) is 0 Å². The van der Waals surface area contributed by atoms with E-state index in [4.69, 9.17) is 15.8 Å². The maximum atomic E-state index is 8.89. The van der Waals surface area contributed by atoms with Gasteiger partial charge in [0.05, 0.1) is 11.6 Å². The van der Waals surface area contributed by atoms with Crippen molar-refractivity contribution in [2.24, 2.45) is 5.84 Å². The maximum Gasteiger partial charge on any atom is 0.219 e. The van der Waals surface area contributed by atoms with Crippen LogP contribution in [0.2, 0.25) is 0 Å². The Labute approximate surface area is 114 Å². The van der Waals surface area contributed by atoms with Gasteiger partial charge in [0, 0.05) is 0 Å². The fraction of sp³-hybridized carbons (Fsp3) is 0.250. The van der Waals surface area contributed by atoms with E-state index in [9.17, 15) is 0 Å². The minimum atomic E-state index is 0.326. The molecule has 0 fully saturated rings. The smallest absolute Gasteiger partial charge is 0.219 e. The third kappa shape index (κ3) is 2.99. The lowest BCUT2D eigenvalue weighted by molar-refractivity contribution is 0.300. The van der Waals surface area contributed by atoms with Crippen LogP contribution >= 0.6 is 11.3 Å². The first-order chi connectivity index (χ1) is 9.13. The van der Waals surface area contributed by atoms with Gasteiger partial charge in [-0.2, -0.15) is 5.26 Å². The van der Waals surface area contributed by atoms with Crippen LogP contribution in [0.4, 0.5) is 5.13 Å². The van der Waals surface area contributed by atoms with E-state index in [-0.39, 0.29) is 0 Å². The largest absolute Gasteiger partial charge is 0.486 e. The third-order valence-electron chi connectivity index (χ3n) is 2.52. The second-order valence-corrected chi connectivity index (χ2v) is 5.05. The van der Waals surface area contributed by atoms with Gasteiger partial charge >= 0.3 is 0 Å². The topological polar surface area (TPSA) is 96.8 Å². The third-order valence-corrected chi connectivity index (χ3v) is 3.35. The highest BCUT2D eigenvalue weighted by atomic mass is 32.1. The van der Waals surface area contributed by atoms with Crippen LogP contribution in [-0.2, 0) is 6.61 Å². The van der Waals surface area contributed by atoms with Crippen LogP contribution in [0.15, 0.2) is 12.1 Å². The van der Waals surface area contributed by atoms with E-state index in [2.05, 4.69) is 21.7 Å². The van der Waals surface area contributed by atoms with E-state index in [0.717, 1.165) is 21.9 Å². The van der Waals surface area contributed by atoms with Crippen LogP contribution < -0.4 is 16.0 Å². The van der Waals surface area contributed by atoms with Crippen molar-refractivity contribution >= 4 is 16.5 Å². The van der Waals surface area contributed by atoms with E-state index in [0.29, 0.717) is 17.3 Å². The summed E-state index contributed by atoms with van der Waals surface area (Å²) in [5.41, 5.74) is 4.93. The number of anilines is 1. The minimum Gasteiger partial charge on any atom is -0.486 e. The van der Waals surface area contributed by atoms with Crippen LogP contribution in [0, 0.1) is 25.2 Å². The van der Waals surface area contributed by atoms with Crippen molar-refractivity contribution in [2.75, 3.05) is 5.43 Å². The fourth-order valence-corrected chi connectivity index (χ4v) is 2.31. The number of nitrogen functional groups attached to an aromatic ring is 1. The molecule has 2 rings (SSSR count). The Kier molecular flexibility index (Phi) is 3.94. The molecular weight excluding hydrogens is 262 g/mol. The summed E-state index contributed by atoms with van der Waals surface area (Å²) in [6.07, 6.45) is 0. The SMILES string of the molecule is Cc1cc(C#N)cc(C)c1OCc1nnc(NN)s1. The summed E-state index contributed by atoms with van der Waals surface area (Å²) >= 11 is 1.34. The molecule has 0 aliphatic heterocycles. The highest BCUT2D eigenvalue weighted by Gasteiger charge is 2.09. The lowest BCUT2D eigenvalue weighted by Gasteiger charge is -2.11. The number of hydrazine groups is 1. The first-order valence-electron chi connectivity index (χ1n) is 5.57. The summed E-state index contributed by atoms with van der Waals surface area (Å²) in [7, 11) is 0. The number of aromatic nitrogens is 2. The van der Waals surface area contributed by atoms with E-state index in [1.54, 1.807) is 12.1 Å². The highest BCUT2D eigenvalue weighted by Crippen LogP contribution is 2.26. The van der Waals surface area contributed by atoms with E-state index in [1.807, 2.05) is 13.8 Å². The predicted molar refractivity (Wildman–Crippen MR) is 72.7 cm³/mol. The van der Waals surface area contributed by atoms with Crippen LogP contribution in [0.3, 0.4) is 0 Å². The normalized spacial score (nSPS) is 10.0. The second kappa shape index (κ2) is 5.65. The molecule has 98 valence electrons. The molecule has 7 heteroatoms. The molecule has 0 spiro atoms. The van der Waals surface area contributed by atoms with Gasteiger partial charge in [-0.25, -0.2) is 5.84 Å². The number of hydrogen-bond donors (Lipinski definition) is 2. The lowest BCUT2D eigenvalue weighted by Crippen LogP contribution is -2.05. The zero-order chi connectivity index (χ0) is 13.8. The number of aryl methyl sites for hydroxylation is 2. The molecule has 1 aromatic heterocycles. The van der Waals surface area contributed by atoms with E-state index >= 15 is 0 Å². The molecule has 0 unspecified atom stereocenters. The zero-order valence-corrected chi connectivity index (χ0v) is 11.4. The monoisotopic (exact) mass is 275 g/mol. The Morgan fingerprint density at radius 2 is 2.05 bits per heavy atom. The van der Waals surface area contributed by atoms with E-state index < -0.39 is 0 Å². The Morgan fingerprint density at radius 1 is 1.37 bits per heavy atom. The Hall–Kier alpha value is -2.17. The molecular formula is C12H13N5OS. The molecule has 1 aromatic carbocycles. The standard InChI is InChI=1S/C12H13N5OS/c1-7-3-9(5-13)4-8(2)11(7)18-6-10-16-17-12(15-14)19-10/h3-4H,6,14H2,1-2H3,(H,15,17). The second-order valence-electron chi connectivity index (χ2n) is 3.98. The molecule has 6 nitrogen and oxygen atoms in total. The van der Waals surface area contributed by atoms with Crippen molar-refractivity contribution in [1.82, 2.24) is 10.2 Å². The van der Waals surface area contributed by atoms with Gasteiger partial charge in [0.15, 0.2) is 5.01 Å². The lowest BCUT2D eigenvalue weighted by atomic mass is 10.1. The average Bonchev–Trinajstić information content (AvgIpc) is 2.85. The number of nitrogens with zero attached hydrogens (tertiary/aromatic N) is 3. The molecule has 0 saturated carbocycles. The number of nitrogens with one attached hydrogen (secondary N) is 1. The van der Waals surface area contributed by atoms with Gasteiger partial charge in [-0.05, 0) is 37.1 Å². The molecule has 3 N–H and O–H groups in total. The Bertz CT molecular complexity index is 608. The van der Waals surface area contributed by atoms with Crippen LogP contribution in [0.1, 0.15) is 21.7 Å². The molecule has 0 aliphatic rings. The highest BCUT2D eigenvalue weighted by molar-refractivity contribution is 7.15. The van der Waals surface area contributed by atoms with Crippen molar-refractivity contribution in [3.8, 4) is 11.8 Å². The number of nitriles is 1. The summed E-state index contributed by atoms with van der Waals surface area (Å²) < 4.78 is 5.74. The molecule has 0 aliphatic carbocycles. The number of ether oxygens (including phenoxy) is 1. The summed E-state index contributed by atoms with van der Waals surface area (Å²) in [6, 6.07) is 5.72. The first kappa shape index (κ1) is 13.3. The molecule has 19 heavy (non-hydrogen) atoms. The molecule has 1 heterocycles. The van der Waals surface area contributed by atoms with Crippen LogP contribution in [0.5, 0.6) is 5.75 Å². The van der Waals surface area contributed by atoms with E-state index in [1.165, 1.54) is 11.3 Å².